The third kappa shape index (κ3) is 4.81. The van der Waals surface area contributed by atoms with Gasteiger partial charge < -0.3 is 16.0 Å². The molecule has 3 N–H and O–H groups in total. The maximum absolute atomic E-state index is 12.8. The Labute approximate surface area is 140 Å². The fourth-order valence-corrected chi connectivity index (χ4v) is 2.43. The number of urea groups is 1. The minimum Gasteiger partial charge on any atom is -0.329 e. The van der Waals surface area contributed by atoms with Crippen molar-refractivity contribution < 1.29 is 14.0 Å². The fourth-order valence-electron chi connectivity index (χ4n) is 2.43. The van der Waals surface area contributed by atoms with Crippen LogP contribution in [-0.2, 0) is 4.79 Å². The van der Waals surface area contributed by atoms with Gasteiger partial charge in [0.25, 0.3) is 0 Å². The van der Waals surface area contributed by atoms with Gasteiger partial charge in [0.2, 0.25) is 5.91 Å². The second-order valence-electron chi connectivity index (χ2n) is 5.64. The molecule has 0 heterocycles. The van der Waals surface area contributed by atoms with Crippen molar-refractivity contribution >= 4 is 23.3 Å². The van der Waals surface area contributed by atoms with E-state index in [2.05, 4.69) is 16.0 Å². The molecular formula is C18H20FN3O2. The Morgan fingerprint density at radius 3 is 2.12 bits per heavy atom. The van der Waals surface area contributed by atoms with E-state index in [1.54, 1.807) is 0 Å². The molecule has 0 aliphatic heterocycles. The zero-order chi connectivity index (χ0) is 17.7. The first kappa shape index (κ1) is 17.5. The van der Waals surface area contributed by atoms with Crippen molar-refractivity contribution in [1.82, 2.24) is 5.32 Å². The number of carbonyl (C=O) groups is 2. The Hall–Kier alpha value is -2.89. The molecule has 126 valence electrons. The van der Waals surface area contributed by atoms with Crippen molar-refractivity contribution in [3.05, 3.63) is 58.9 Å². The molecule has 0 bridgehead atoms. The van der Waals surface area contributed by atoms with Crippen molar-refractivity contribution in [3.8, 4) is 0 Å². The zero-order valence-corrected chi connectivity index (χ0v) is 13.9. The smallest absolute Gasteiger partial charge is 0.319 e. The highest BCUT2D eigenvalue weighted by atomic mass is 19.1. The van der Waals surface area contributed by atoms with Crippen LogP contribution >= 0.6 is 0 Å². The molecule has 2 aromatic carbocycles. The lowest BCUT2D eigenvalue weighted by atomic mass is 10.1. The van der Waals surface area contributed by atoms with Crippen LogP contribution in [0.3, 0.4) is 0 Å². The van der Waals surface area contributed by atoms with Gasteiger partial charge >= 0.3 is 6.03 Å². The molecule has 0 aromatic heterocycles. The lowest BCUT2D eigenvalue weighted by Gasteiger charge is -2.13. The van der Waals surface area contributed by atoms with E-state index in [9.17, 15) is 14.0 Å². The summed E-state index contributed by atoms with van der Waals surface area (Å²) in [5.74, 6) is -0.775. The number of aryl methyl sites for hydroxylation is 3. The molecule has 0 aliphatic carbocycles. The molecule has 3 amide bonds. The van der Waals surface area contributed by atoms with E-state index in [4.69, 9.17) is 0 Å². The number of rotatable bonds is 4. The van der Waals surface area contributed by atoms with E-state index < -0.39 is 11.9 Å². The Morgan fingerprint density at radius 2 is 1.54 bits per heavy atom. The normalized spacial score (nSPS) is 10.2. The van der Waals surface area contributed by atoms with Crippen LogP contribution in [-0.4, -0.2) is 18.5 Å². The molecule has 6 heteroatoms. The summed E-state index contributed by atoms with van der Waals surface area (Å²) in [7, 11) is 0. The standard InChI is InChI=1S/C18H20FN3O2/c1-11-8-12(2)17(13(3)9-11)22-18(24)20-10-16(23)21-15-6-4-14(19)5-7-15/h4-9H,10H2,1-3H3,(H,21,23)(H2,20,22,24). The van der Waals surface area contributed by atoms with Gasteiger partial charge in [-0.05, 0) is 56.2 Å². The molecule has 2 rings (SSSR count). The monoisotopic (exact) mass is 329 g/mol. The molecule has 0 aliphatic rings. The third-order valence-corrected chi connectivity index (χ3v) is 3.45. The summed E-state index contributed by atoms with van der Waals surface area (Å²) < 4.78 is 12.8. The van der Waals surface area contributed by atoms with Gasteiger partial charge in [-0.2, -0.15) is 0 Å². The summed E-state index contributed by atoms with van der Waals surface area (Å²) in [6.07, 6.45) is 0. The fraction of sp³-hybridized carbons (Fsp3) is 0.222. The van der Waals surface area contributed by atoms with Crippen LogP contribution in [0, 0.1) is 26.6 Å². The van der Waals surface area contributed by atoms with Gasteiger partial charge in [-0.25, -0.2) is 9.18 Å². The summed E-state index contributed by atoms with van der Waals surface area (Å²) >= 11 is 0. The second-order valence-corrected chi connectivity index (χ2v) is 5.64. The molecule has 0 unspecified atom stereocenters. The number of hydrogen-bond donors (Lipinski definition) is 3. The van der Waals surface area contributed by atoms with Crippen LogP contribution in [0.2, 0.25) is 0 Å². The average Bonchev–Trinajstić information content (AvgIpc) is 2.51. The number of anilines is 2. The minimum atomic E-state index is -0.459. The zero-order valence-electron chi connectivity index (χ0n) is 13.9. The molecular weight excluding hydrogens is 309 g/mol. The molecule has 0 fully saturated rings. The molecule has 0 saturated carbocycles. The summed E-state index contributed by atoms with van der Waals surface area (Å²) in [6, 6.07) is 8.89. The molecule has 5 nitrogen and oxygen atoms in total. The van der Waals surface area contributed by atoms with Gasteiger partial charge in [0, 0.05) is 11.4 Å². The Bertz CT molecular complexity index is 734. The highest BCUT2D eigenvalue weighted by molar-refractivity contribution is 5.97. The second kappa shape index (κ2) is 7.59. The number of nitrogens with one attached hydrogen (secondary N) is 3. The lowest BCUT2D eigenvalue weighted by Crippen LogP contribution is -2.36. The largest absolute Gasteiger partial charge is 0.329 e. The number of hydrogen-bond acceptors (Lipinski definition) is 2. The number of carbonyl (C=O) groups excluding carboxylic acids is 2. The van der Waals surface area contributed by atoms with Gasteiger partial charge in [-0.1, -0.05) is 17.7 Å². The van der Waals surface area contributed by atoms with Gasteiger partial charge in [-0.3, -0.25) is 4.79 Å². The summed E-state index contributed by atoms with van der Waals surface area (Å²) in [6.45, 7) is 5.63. The van der Waals surface area contributed by atoms with Gasteiger partial charge in [0.1, 0.15) is 5.82 Å². The maximum Gasteiger partial charge on any atom is 0.319 e. The van der Waals surface area contributed by atoms with Crippen molar-refractivity contribution in [2.45, 2.75) is 20.8 Å². The van der Waals surface area contributed by atoms with E-state index in [0.29, 0.717) is 5.69 Å². The SMILES string of the molecule is Cc1cc(C)c(NC(=O)NCC(=O)Nc2ccc(F)cc2)c(C)c1. The van der Waals surface area contributed by atoms with E-state index in [-0.39, 0.29) is 12.4 Å². The van der Waals surface area contributed by atoms with Crippen LogP contribution in [0.5, 0.6) is 0 Å². The number of halogens is 1. The van der Waals surface area contributed by atoms with Crippen LogP contribution in [0.1, 0.15) is 16.7 Å². The Kier molecular flexibility index (Phi) is 5.52. The van der Waals surface area contributed by atoms with Gasteiger partial charge in [0.15, 0.2) is 0 Å². The quantitative estimate of drug-likeness (QED) is 0.803. The Morgan fingerprint density at radius 1 is 0.958 bits per heavy atom. The van der Waals surface area contributed by atoms with Crippen LogP contribution in [0.4, 0.5) is 20.6 Å². The highest BCUT2D eigenvalue weighted by Gasteiger charge is 2.09. The predicted octanol–water partition coefficient (Wildman–Crippen LogP) is 3.51. The van der Waals surface area contributed by atoms with Crippen LogP contribution in [0.15, 0.2) is 36.4 Å². The summed E-state index contributed by atoms with van der Waals surface area (Å²) in [5.41, 5.74) is 4.23. The molecule has 2 aromatic rings. The summed E-state index contributed by atoms with van der Waals surface area (Å²) in [4.78, 5) is 23.7. The first-order valence-corrected chi connectivity index (χ1v) is 7.53. The molecule has 0 saturated heterocycles. The third-order valence-electron chi connectivity index (χ3n) is 3.45. The molecule has 0 radical (unpaired) electrons. The van der Waals surface area contributed by atoms with Crippen molar-refractivity contribution in [2.75, 3.05) is 17.2 Å². The Balaban J connectivity index is 1.87. The molecule has 0 atom stereocenters. The van der Waals surface area contributed by atoms with Crippen molar-refractivity contribution in [3.63, 3.8) is 0 Å². The van der Waals surface area contributed by atoms with Crippen molar-refractivity contribution in [2.24, 2.45) is 0 Å². The predicted molar refractivity (Wildman–Crippen MR) is 92.7 cm³/mol. The minimum absolute atomic E-state index is 0.187. The summed E-state index contributed by atoms with van der Waals surface area (Å²) in [5, 5.41) is 7.82. The van der Waals surface area contributed by atoms with Crippen molar-refractivity contribution in [1.29, 1.82) is 0 Å². The van der Waals surface area contributed by atoms with E-state index >= 15 is 0 Å². The molecule has 24 heavy (non-hydrogen) atoms. The van der Waals surface area contributed by atoms with Crippen LogP contribution < -0.4 is 16.0 Å². The maximum atomic E-state index is 12.8. The molecule has 0 spiro atoms. The number of amides is 3. The van der Waals surface area contributed by atoms with Crippen LogP contribution in [0.25, 0.3) is 0 Å². The van der Waals surface area contributed by atoms with E-state index in [1.807, 2.05) is 32.9 Å². The average molecular weight is 329 g/mol. The van der Waals surface area contributed by atoms with E-state index in [0.717, 1.165) is 22.4 Å². The van der Waals surface area contributed by atoms with E-state index in [1.165, 1.54) is 24.3 Å². The number of benzene rings is 2. The van der Waals surface area contributed by atoms with Gasteiger partial charge in [0.05, 0.1) is 6.54 Å². The first-order chi connectivity index (χ1) is 11.3. The topological polar surface area (TPSA) is 70.2 Å². The highest BCUT2D eigenvalue weighted by Crippen LogP contribution is 2.21. The first-order valence-electron chi connectivity index (χ1n) is 7.53. The van der Waals surface area contributed by atoms with Gasteiger partial charge in [-0.15, -0.1) is 0 Å². The lowest BCUT2D eigenvalue weighted by molar-refractivity contribution is -0.115.